The largest absolute Gasteiger partial charge is 0.466 e. The van der Waals surface area contributed by atoms with E-state index in [9.17, 15) is 19.8 Å². The number of hydrogen-bond donors (Lipinski definition) is 3. The van der Waals surface area contributed by atoms with Crippen LogP contribution in [0.1, 0.15) is 328 Å². The molecule has 67 heavy (non-hydrogen) atoms. The molecule has 0 heterocycles. The Morgan fingerprint density at radius 3 is 1.16 bits per heavy atom. The van der Waals surface area contributed by atoms with Gasteiger partial charge in [0.15, 0.2) is 0 Å². The summed E-state index contributed by atoms with van der Waals surface area (Å²) in [7, 11) is 0. The van der Waals surface area contributed by atoms with Crippen molar-refractivity contribution in [3.63, 3.8) is 0 Å². The molecule has 0 aliphatic rings. The number of ether oxygens (including phenoxy) is 1. The second kappa shape index (κ2) is 56.9. The molecule has 0 aromatic heterocycles. The third kappa shape index (κ3) is 53.5. The quantitative estimate of drug-likeness (QED) is 0.0321. The summed E-state index contributed by atoms with van der Waals surface area (Å²) >= 11 is 0. The Morgan fingerprint density at radius 1 is 0.418 bits per heavy atom. The van der Waals surface area contributed by atoms with Crippen molar-refractivity contribution in [2.24, 2.45) is 0 Å². The maximum atomic E-state index is 12.5. The summed E-state index contributed by atoms with van der Waals surface area (Å²) in [5, 5.41) is 23.4. The first-order valence-electron chi connectivity index (χ1n) is 30.1. The number of rotatable bonds is 56. The van der Waals surface area contributed by atoms with Gasteiger partial charge in [0, 0.05) is 12.8 Å². The number of esters is 1. The van der Waals surface area contributed by atoms with Crippen molar-refractivity contribution in [2.75, 3.05) is 13.2 Å². The topological polar surface area (TPSA) is 95.9 Å². The molecule has 1 amide bonds. The Morgan fingerprint density at radius 2 is 0.746 bits per heavy atom. The maximum absolute atomic E-state index is 12.5. The van der Waals surface area contributed by atoms with Crippen molar-refractivity contribution < 1.29 is 24.5 Å². The monoisotopic (exact) mass is 944 g/mol. The van der Waals surface area contributed by atoms with E-state index in [0.29, 0.717) is 25.9 Å². The van der Waals surface area contributed by atoms with Crippen molar-refractivity contribution in [3.8, 4) is 0 Å². The molecule has 2 atom stereocenters. The zero-order valence-corrected chi connectivity index (χ0v) is 45.1. The smallest absolute Gasteiger partial charge is 0.305 e. The van der Waals surface area contributed by atoms with Gasteiger partial charge in [-0.15, -0.1) is 0 Å². The van der Waals surface area contributed by atoms with Gasteiger partial charge in [-0.3, -0.25) is 9.59 Å². The standard InChI is InChI=1S/C61H117NO5/c1-3-5-7-9-11-13-15-17-19-21-22-23-24-25-26-28-29-31-33-37-41-45-49-53-59(64)58(57-63)62-60(65)54-50-46-42-38-35-36-40-44-48-52-56-67-61(66)55-51-47-43-39-34-32-30-27-20-18-16-14-12-10-8-6-4-2/h12,14,18,20,58-59,63-64H,3-11,13,15-17,19,21-57H2,1-2H3,(H,62,65)/b14-12-,20-18-. The van der Waals surface area contributed by atoms with Gasteiger partial charge in [0.2, 0.25) is 5.91 Å². The van der Waals surface area contributed by atoms with Gasteiger partial charge in [0.05, 0.1) is 25.4 Å². The summed E-state index contributed by atoms with van der Waals surface area (Å²) in [5.74, 6) is -0.0805. The Labute approximate surface area is 418 Å². The van der Waals surface area contributed by atoms with Crippen molar-refractivity contribution in [3.05, 3.63) is 24.3 Å². The highest BCUT2D eigenvalue weighted by atomic mass is 16.5. The van der Waals surface area contributed by atoms with E-state index in [1.807, 2.05) is 0 Å². The average Bonchev–Trinajstić information content (AvgIpc) is 3.33. The van der Waals surface area contributed by atoms with E-state index in [1.54, 1.807) is 0 Å². The maximum Gasteiger partial charge on any atom is 0.305 e. The molecular formula is C61H117NO5. The molecule has 3 N–H and O–H groups in total. The van der Waals surface area contributed by atoms with Crippen LogP contribution >= 0.6 is 0 Å². The fraction of sp³-hybridized carbons (Fsp3) is 0.902. The molecule has 0 fully saturated rings. The lowest BCUT2D eigenvalue weighted by Crippen LogP contribution is -2.45. The summed E-state index contributed by atoms with van der Waals surface area (Å²) in [5.41, 5.74) is 0. The van der Waals surface area contributed by atoms with E-state index in [4.69, 9.17) is 4.74 Å². The van der Waals surface area contributed by atoms with Crippen LogP contribution < -0.4 is 5.32 Å². The molecule has 6 nitrogen and oxygen atoms in total. The van der Waals surface area contributed by atoms with E-state index in [-0.39, 0.29) is 18.5 Å². The molecule has 0 aliphatic heterocycles. The molecular weight excluding hydrogens is 827 g/mol. The zero-order chi connectivity index (χ0) is 48.6. The number of hydrogen-bond acceptors (Lipinski definition) is 5. The van der Waals surface area contributed by atoms with E-state index in [2.05, 4.69) is 43.5 Å². The summed E-state index contributed by atoms with van der Waals surface area (Å²) in [4.78, 5) is 24.6. The number of nitrogens with one attached hydrogen (secondary N) is 1. The number of aliphatic hydroxyl groups excluding tert-OH is 2. The second-order valence-corrected chi connectivity index (χ2v) is 20.7. The number of amides is 1. The van der Waals surface area contributed by atoms with E-state index in [0.717, 1.165) is 64.2 Å². The lowest BCUT2D eigenvalue weighted by molar-refractivity contribution is -0.143. The minimum absolute atomic E-state index is 0.0254. The Hall–Kier alpha value is -1.66. The first-order valence-corrected chi connectivity index (χ1v) is 30.1. The second-order valence-electron chi connectivity index (χ2n) is 20.7. The van der Waals surface area contributed by atoms with E-state index < -0.39 is 12.1 Å². The molecule has 0 aromatic carbocycles. The van der Waals surface area contributed by atoms with Crippen LogP contribution in [-0.4, -0.2) is 47.4 Å². The summed E-state index contributed by atoms with van der Waals surface area (Å²) < 4.78 is 5.47. The lowest BCUT2D eigenvalue weighted by Gasteiger charge is -2.22. The molecule has 0 spiro atoms. The predicted molar refractivity (Wildman–Crippen MR) is 292 cm³/mol. The van der Waals surface area contributed by atoms with Gasteiger partial charge in [0.25, 0.3) is 0 Å². The third-order valence-electron chi connectivity index (χ3n) is 14.0. The lowest BCUT2D eigenvalue weighted by atomic mass is 10.0. The number of carbonyl (C=O) groups excluding carboxylic acids is 2. The summed E-state index contributed by atoms with van der Waals surface area (Å²) in [6, 6.07) is -0.560. The fourth-order valence-corrected chi connectivity index (χ4v) is 9.38. The van der Waals surface area contributed by atoms with Gasteiger partial charge >= 0.3 is 5.97 Å². The van der Waals surface area contributed by atoms with Gasteiger partial charge in [-0.2, -0.15) is 0 Å². The van der Waals surface area contributed by atoms with Crippen molar-refractivity contribution in [2.45, 2.75) is 341 Å². The Kier molecular flexibility index (Phi) is 55.5. The van der Waals surface area contributed by atoms with Gasteiger partial charge < -0.3 is 20.3 Å². The Bertz CT molecular complexity index is 1040. The molecule has 0 saturated heterocycles. The normalized spacial score (nSPS) is 12.7. The van der Waals surface area contributed by atoms with Crippen LogP contribution in [0.25, 0.3) is 0 Å². The molecule has 0 bridgehead atoms. The minimum atomic E-state index is -0.681. The first-order chi connectivity index (χ1) is 33.0. The highest BCUT2D eigenvalue weighted by Gasteiger charge is 2.20. The summed E-state index contributed by atoms with van der Waals surface area (Å²) in [6.07, 6.45) is 68.8. The molecule has 396 valence electrons. The molecule has 0 rings (SSSR count). The molecule has 0 radical (unpaired) electrons. The molecule has 0 aromatic rings. The average molecular weight is 945 g/mol. The zero-order valence-electron chi connectivity index (χ0n) is 45.1. The van der Waals surface area contributed by atoms with Crippen LogP contribution in [0.5, 0.6) is 0 Å². The number of aliphatic hydroxyl groups is 2. The number of allylic oxidation sites excluding steroid dienone is 4. The fourth-order valence-electron chi connectivity index (χ4n) is 9.38. The highest BCUT2D eigenvalue weighted by molar-refractivity contribution is 5.76. The minimum Gasteiger partial charge on any atom is -0.466 e. The van der Waals surface area contributed by atoms with Crippen LogP contribution in [0.15, 0.2) is 24.3 Å². The third-order valence-corrected chi connectivity index (χ3v) is 14.0. The van der Waals surface area contributed by atoms with Gasteiger partial charge in [0.1, 0.15) is 0 Å². The van der Waals surface area contributed by atoms with Crippen LogP contribution in [-0.2, 0) is 14.3 Å². The highest BCUT2D eigenvalue weighted by Crippen LogP contribution is 2.18. The van der Waals surface area contributed by atoms with E-state index in [1.165, 1.54) is 231 Å². The van der Waals surface area contributed by atoms with Crippen LogP contribution in [0, 0.1) is 0 Å². The van der Waals surface area contributed by atoms with Gasteiger partial charge in [-0.05, 0) is 57.8 Å². The van der Waals surface area contributed by atoms with Crippen molar-refractivity contribution in [1.29, 1.82) is 0 Å². The van der Waals surface area contributed by atoms with Crippen LogP contribution in [0.4, 0.5) is 0 Å². The SMILES string of the molecule is CCCCC/C=C\C/C=C\CCCCCCCCCC(=O)OCCCCCCCCCCCCC(=O)NC(CO)C(O)CCCCCCCCCCCCCCCCCCCCCCCCC. The molecule has 0 saturated carbocycles. The van der Waals surface area contributed by atoms with Crippen LogP contribution in [0.3, 0.4) is 0 Å². The first kappa shape index (κ1) is 65.3. The molecule has 2 unspecified atom stereocenters. The van der Waals surface area contributed by atoms with Gasteiger partial charge in [-0.1, -0.05) is 282 Å². The van der Waals surface area contributed by atoms with Crippen molar-refractivity contribution in [1.82, 2.24) is 5.32 Å². The molecule has 0 aliphatic carbocycles. The Balaban J connectivity index is 3.46. The summed E-state index contributed by atoms with van der Waals surface area (Å²) in [6.45, 7) is 4.90. The number of unbranched alkanes of at least 4 members (excludes halogenated alkanes) is 41. The number of carbonyl (C=O) groups is 2. The van der Waals surface area contributed by atoms with Gasteiger partial charge in [-0.25, -0.2) is 0 Å². The van der Waals surface area contributed by atoms with Crippen LogP contribution in [0.2, 0.25) is 0 Å². The molecule has 6 heteroatoms. The van der Waals surface area contributed by atoms with E-state index >= 15 is 0 Å². The predicted octanol–water partition coefficient (Wildman–Crippen LogP) is 18.6. The van der Waals surface area contributed by atoms with Crippen molar-refractivity contribution >= 4 is 11.9 Å².